The second-order valence-corrected chi connectivity index (χ2v) is 13.7. The van der Waals surface area contributed by atoms with E-state index in [0.29, 0.717) is 0 Å². The predicted molar refractivity (Wildman–Crippen MR) is 180 cm³/mol. The monoisotopic (exact) mass is 768 g/mol. The molecule has 3 heteroatoms. The van der Waals surface area contributed by atoms with Crippen molar-refractivity contribution in [1.82, 2.24) is 0 Å². The van der Waals surface area contributed by atoms with Crippen LogP contribution >= 0.6 is 61.1 Å². The molecule has 37 heavy (non-hydrogen) atoms. The van der Waals surface area contributed by atoms with E-state index in [2.05, 4.69) is 191 Å². The van der Waals surface area contributed by atoms with E-state index in [1.165, 1.54) is 57.2 Å². The van der Waals surface area contributed by atoms with Crippen molar-refractivity contribution >= 4 is 61.1 Å². The van der Waals surface area contributed by atoms with E-state index in [1.807, 2.05) is 0 Å². The van der Waals surface area contributed by atoms with Crippen LogP contribution in [0.3, 0.4) is 0 Å². The molecule has 0 saturated heterocycles. The van der Waals surface area contributed by atoms with Crippen LogP contribution in [0.5, 0.6) is 0 Å². The average Bonchev–Trinajstić information content (AvgIpc) is 2.89. The first kappa shape index (κ1) is 26.6. The molecule has 0 aromatic heterocycles. The van der Waals surface area contributed by atoms with E-state index in [-0.39, 0.29) is 5.41 Å². The maximum atomic E-state index is 3.62. The highest BCUT2D eigenvalue weighted by Crippen LogP contribution is 2.44. The first-order valence-electron chi connectivity index (χ1n) is 12.3. The Kier molecular flexibility index (Phi) is 7.94. The first-order chi connectivity index (χ1) is 17.7. The highest BCUT2D eigenvalue weighted by atomic mass is 127. The van der Waals surface area contributed by atoms with E-state index in [4.69, 9.17) is 0 Å². The van der Waals surface area contributed by atoms with Gasteiger partial charge in [-0.1, -0.05) is 97.4 Å². The van der Waals surface area contributed by atoms with Crippen molar-refractivity contribution in [2.45, 2.75) is 26.2 Å². The Labute approximate surface area is 256 Å². The molecular formula is C34H27BrI2. The molecule has 0 spiro atoms. The second-order valence-electron chi connectivity index (χ2n) is 10.3. The van der Waals surface area contributed by atoms with Crippen LogP contribution in [0.25, 0.3) is 44.5 Å². The topological polar surface area (TPSA) is 0 Å². The molecule has 5 rings (SSSR count). The van der Waals surface area contributed by atoms with Crippen molar-refractivity contribution in [2.75, 3.05) is 0 Å². The van der Waals surface area contributed by atoms with Crippen LogP contribution in [-0.4, -0.2) is 0 Å². The summed E-state index contributed by atoms with van der Waals surface area (Å²) >= 11 is 8.38. The number of rotatable bonds is 4. The van der Waals surface area contributed by atoms with Gasteiger partial charge >= 0.3 is 0 Å². The van der Waals surface area contributed by atoms with Crippen LogP contribution in [0.2, 0.25) is 0 Å². The molecule has 0 aliphatic carbocycles. The summed E-state index contributed by atoms with van der Waals surface area (Å²) in [6.07, 6.45) is 0. The number of hydrogen-bond acceptors (Lipinski definition) is 0. The normalized spacial score (nSPS) is 11.5. The molecule has 5 aromatic rings. The molecule has 0 radical (unpaired) electrons. The summed E-state index contributed by atoms with van der Waals surface area (Å²) in [5.74, 6) is 0. The number of hydrogen-bond donors (Lipinski definition) is 0. The number of halogens is 3. The molecule has 0 atom stereocenters. The molecule has 0 unspecified atom stereocenters. The molecule has 0 aliphatic rings. The van der Waals surface area contributed by atoms with Crippen molar-refractivity contribution in [3.63, 3.8) is 0 Å². The van der Waals surface area contributed by atoms with Gasteiger partial charge in [0, 0.05) is 11.6 Å². The zero-order valence-corrected chi connectivity index (χ0v) is 26.9. The fourth-order valence-electron chi connectivity index (χ4n) is 4.61. The second kappa shape index (κ2) is 11.0. The molecule has 184 valence electrons. The molecule has 0 nitrogen and oxygen atoms in total. The Morgan fingerprint density at radius 1 is 0.486 bits per heavy atom. The molecule has 0 bridgehead atoms. The van der Waals surface area contributed by atoms with Crippen LogP contribution in [0, 0.1) is 7.14 Å². The third kappa shape index (κ3) is 6.04. The summed E-state index contributed by atoms with van der Waals surface area (Å²) in [4.78, 5) is 0. The van der Waals surface area contributed by atoms with Gasteiger partial charge in [-0.3, -0.25) is 0 Å². The van der Waals surface area contributed by atoms with E-state index >= 15 is 0 Å². The van der Waals surface area contributed by atoms with Crippen LogP contribution in [0.1, 0.15) is 26.3 Å². The van der Waals surface area contributed by atoms with E-state index < -0.39 is 0 Å². The summed E-state index contributed by atoms with van der Waals surface area (Å²) in [6, 6.07) is 40.2. The molecule has 0 amide bonds. The minimum atomic E-state index is 0.128. The molecule has 0 saturated carbocycles. The Hall–Kier alpha value is -1.96. The van der Waals surface area contributed by atoms with Crippen molar-refractivity contribution in [3.8, 4) is 44.5 Å². The Balaban J connectivity index is 1.81. The minimum absolute atomic E-state index is 0.128. The lowest BCUT2D eigenvalue weighted by Crippen LogP contribution is -2.10. The van der Waals surface area contributed by atoms with Crippen molar-refractivity contribution < 1.29 is 0 Å². The van der Waals surface area contributed by atoms with Crippen LogP contribution in [-0.2, 0) is 5.41 Å². The zero-order chi connectivity index (χ0) is 26.2. The highest BCUT2D eigenvalue weighted by molar-refractivity contribution is 14.1. The van der Waals surface area contributed by atoms with Crippen molar-refractivity contribution in [3.05, 3.63) is 126 Å². The maximum Gasteiger partial charge on any atom is 0.0175 e. The molecule has 5 aromatic carbocycles. The van der Waals surface area contributed by atoms with Crippen molar-refractivity contribution in [2.24, 2.45) is 0 Å². The Morgan fingerprint density at radius 3 is 1.32 bits per heavy atom. The van der Waals surface area contributed by atoms with E-state index in [9.17, 15) is 0 Å². The lowest BCUT2D eigenvalue weighted by molar-refractivity contribution is 0.590. The van der Waals surface area contributed by atoms with Gasteiger partial charge in [-0.05, 0) is 149 Å². The zero-order valence-electron chi connectivity index (χ0n) is 21.0. The lowest BCUT2D eigenvalue weighted by atomic mass is 9.83. The molecule has 0 aliphatic heterocycles. The lowest BCUT2D eigenvalue weighted by Gasteiger charge is -2.21. The van der Waals surface area contributed by atoms with Gasteiger partial charge < -0.3 is 0 Å². The fourth-order valence-corrected chi connectivity index (χ4v) is 5.60. The molecule has 0 fully saturated rings. The fraction of sp³-hybridized carbons (Fsp3) is 0.118. The number of benzene rings is 5. The van der Waals surface area contributed by atoms with Gasteiger partial charge in [-0.15, -0.1) is 0 Å². The quantitative estimate of drug-likeness (QED) is 0.160. The van der Waals surface area contributed by atoms with Gasteiger partial charge in [-0.25, -0.2) is 0 Å². The van der Waals surface area contributed by atoms with Crippen LogP contribution in [0.15, 0.2) is 114 Å². The van der Waals surface area contributed by atoms with Crippen LogP contribution in [0.4, 0.5) is 0 Å². The Bertz CT molecular complexity index is 1460. The van der Waals surface area contributed by atoms with Gasteiger partial charge in [0.05, 0.1) is 0 Å². The van der Waals surface area contributed by atoms with Gasteiger partial charge in [0.15, 0.2) is 0 Å². The van der Waals surface area contributed by atoms with E-state index in [1.54, 1.807) is 0 Å². The third-order valence-corrected chi connectivity index (χ3v) is 8.63. The van der Waals surface area contributed by atoms with Gasteiger partial charge in [0.25, 0.3) is 0 Å². The molecule has 0 heterocycles. The summed E-state index contributed by atoms with van der Waals surface area (Å²) in [7, 11) is 0. The molecule has 0 N–H and O–H groups in total. The molecular weight excluding hydrogens is 742 g/mol. The van der Waals surface area contributed by atoms with Crippen molar-refractivity contribution in [1.29, 1.82) is 0 Å². The first-order valence-corrected chi connectivity index (χ1v) is 15.2. The smallest absolute Gasteiger partial charge is 0.0175 e. The van der Waals surface area contributed by atoms with Gasteiger partial charge in [0.1, 0.15) is 0 Å². The highest BCUT2D eigenvalue weighted by Gasteiger charge is 2.18. The largest absolute Gasteiger partial charge is 0.0579 e. The van der Waals surface area contributed by atoms with Crippen LogP contribution < -0.4 is 0 Å². The van der Waals surface area contributed by atoms with Gasteiger partial charge in [0.2, 0.25) is 0 Å². The SMILES string of the molecule is CC(C)(C)c1ccc(-c2cc(-c3ccc(I)cc3)c(-c3ccc(Br)cc3)c(-c3ccc(I)cc3)c2)cc1. The maximum absolute atomic E-state index is 3.62. The third-order valence-electron chi connectivity index (χ3n) is 6.67. The summed E-state index contributed by atoms with van der Waals surface area (Å²) < 4.78 is 3.55. The summed E-state index contributed by atoms with van der Waals surface area (Å²) in [5, 5.41) is 0. The summed E-state index contributed by atoms with van der Waals surface area (Å²) in [6.45, 7) is 6.79. The average molecular weight is 769 g/mol. The van der Waals surface area contributed by atoms with E-state index in [0.717, 1.165) is 4.47 Å². The predicted octanol–water partition coefficient (Wildman–Crippen LogP) is 11.6. The van der Waals surface area contributed by atoms with Gasteiger partial charge in [-0.2, -0.15) is 0 Å². The Morgan fingerprint density at radius 2 is 0.892 bits per heavy atom. The minimum Gasteiger partial charge on any atom is -0.0579 e. The summed E-state index contributed by atoms with van der Waals surface area (Å²) in [5.41, 5.74) is 11.3. The standard InChI is InChI=1S/C34H27BrI2/c1-34(2,3)27-12-4-22(5-13-27)26-20-31(23-8-16-29(36)17-9-23)33(25-6-14-28(35)15-7-25)32(21-26)24-10-18-30(37)19-11-24/h4-21H,1-3H3.